The Labute approximate surface area is 232 Å². The van der Waals surface area contributed by atoms with E-state index in [-0.39, 0.29) is 23.6 Å². The molecule has 0 saturated heterocycles. The van der Waals surface area contributed by atoms with Gasteiger partial charge >= 0.3 is 12.8 Å². The third-order valence-corrected chi connectivity index (χ3v) is 7.57. The van der Waals surface area contributed by atoms with Crippen LogP contribution in [0.1, 0.15) is 22.6 Å². The van der Waals surface area contributed by atoms with Gasteiger partial charge in [0.1, 0.15) is 17.3 Å². The third-order valence-electron chi connectivity index (χ3n) is 6.45. The van der Waals surface area contributed by atoms with Crippen molar-refractivity contribution in [1.29, 1.82) is 0 Å². The van der Waals surface area contributed by atoms with E-state index in [1.165, 1.54) is 24.3 Å². The number of ether oxygens (including phenoxy) is 1. The van der Waals surface area contributed by atoms with Crippen molar-refractivity contribution in [3.63, 3.8) is 0 Å². The molecule has 5 aromatic rings. The second-order valence-corrected chi connectivity index (χ2v) is 11.3. The fourth-order valence-electron chi connectivity index (χ4n) is 4.45. The van der Waals surface area contributed by atoms with Gasteiger partial charge < -0.3 is 9.30 Å². The molecule has 6 nitrogen and oxygen atoms in total. The van der Waals surface area contributed by atoms with E-state index < -0.39 is 28.3 Å². The number of hydrogen-bond donors (Lipinski definition) is 0. The van der Waals surface area contributed by atoms with Gasteiger partial charge in [-0.1, -0.05) is 42.5 Å². The Morgan fingerprint density at radius 1 is 0.927 bits per heavy atom. The van der Waals surface area contributed by atoms with E-state index in [1.807, 2.05) is 4.57 Å². The zero-order chi connectivity index (χ0) is 29.4. The van der Waals surface area contributed by atoms with Crippen LogP contribution in [0.4, 0.5) is 22.0 Å². The SMILES string of the molecule is CS(=O)(=O)c1ccc(Cc2nc3ccc(-c4ccc(C(F)(F)F)nc4)cc3n2Cc2ccccc2OC(F)F)cc1. The molecular weight excluding hydrogens is 565 g/mol. The summed E-state index contributed by atoms with van der Waals surface area (Å²) in [6, 6.07) is 20.1. The van der Waals surface area contributed by atoms with E-state index >= 15 is 0 Å². The first-order valence-corrected chi connectivity index (χ1v) is 14.1. The number of para-hydroxylation sites is 1. The normalized spacial score (nSPS) is 12.3. The lowest BCUT2D eigenvalue weighted by Crippen LogP contribution is -2.10. The second-order valence-electron chi connectivity index (χ2n) is 9.33. The van der Waals surface area contributed by atoms with Gasteiger partial charge in [-0.3, -0.25) is 4.98 Å². The summed E-state index contributed by atoms with van der Waals surface area (Å²) in [4.78, 5) is 8.45. The summed E-state index contributed by atoms with van der Waals surface area (Å²) in [6.45, 7) is -2.92. The first kappa shape index (κ1) is 28.2. The highest BCUT2D eigenvalue weighted by Gasteiger charge is 2.32. The van der Waals surface area contributed by atoms with Gasteiger partial charge in [0.2, 0.25) is 0 Å². The number of benzene rings is 3. The van der Waals surface area contributed by atoms with Crippen molar-refractivity contribution in [1.82, 2.24) is 14.5 Å². The minimum atomic E-state index is -4.57. The molecule has 0 spiro atoms. The van der Waals surface area contributed by atoms with Crippen LogP contribution in [0, 0.1) is 0 Å². The van der Waals surface area contributed by atoms with E-state index in [1.54, 1.807) is 48.5 Å². The van der Waals surface area contributed by atoms with Crippen molar-refractivity contribution in [3.8, 4) is 16.9 Å². The number of aromatic nitrogens is 3. The monoisotopic (exact) mass is 587 g/mol. The van der Waals surface area contributed by atoms with Gasteiger partial charge in [0.25, 0.3) is 0 Å². The van der Waals surface area contributed by atoms with Crippen molar-refractivity contribution in [2.45, 2.75) is 30.6 Å². The van der Waals surface area contributed by atoms with Crippen LogP contribution in [0.3, 0.4) is 0 Å². The van der Waals surface area contributed by atoms with E-state index in [2.05, 4.69) is 4.98 Å². The summed E-state index contributed by atoms with van der Waals surface area (Å²) < 4.78 is 95.5. The Kier molecular flexibility index (Phi) is 7.52. The molecule has 2 aromatic heterocycles. The number of imidazole rings is 1. The van der Waals surface area contributed by atoms with Gasteiger partial charge in [-0.15, -0.1) is 0 Å². The Morgan fingerprint density at radius 2 is 1.63 bits per heavy atom. The molecule has 0 bridgehead atoms. The molecule has 0 radical (unpaired) electrons. The van der Waals surface area contributed by atoms with Crippen LogP contribution >= 0.6 is 0 Å². The molecule has 0 aliphatic heterocycles. The molecular formula is C29H22F5N3O3S. The average molecular weight is 588 g/mol. The number of alkyl halides is 5. The predicted molar refractivity (Wildman–Crippen MR) is 142 cm³/mol. The summed E-state index contributed by atoms with van der Waals surface area (Å²) in [6.07, 6.45) is -2.03. The molecule has 0 fully saturated rings. The third kappa shape index (κ3) is 6.37. The van der Waals surface area contributed by atoms with Crippen LogP contribution in [0.25, 0.3) is 22.2 Å². The number of hydrogen-bond acceptors (Lipinski definition) is 5. The van der Waals surface area contributed by atoms with Gasteiger partial charge in [-0.25, -0.2) is 13.4 Å². The van der Waals surface area contributed by atoms with Crippen molar-refractivity contribution in [2.24, 2.45) is 0 Å². The standard InChI is InChI=1S/C29H22F5N3O3S/c1-41(38,39)22-10-6-18(7-11-22)14-27-36-23-12-8-19(20-9-13-26(35-16-20)29(32,33)34)15-24(23)37(27)17-21-4-2-3-5-25(21)40-28(30)31/h2-13,15-16,28H,14,17H2,1H3. The van der Waals surface area contributed by atoms with E-state index in [0.717, 1.165) is 24.1 Å². The summed E-state index contributed by atoms with van der Waals surface area (Å²) in [5, 5.41) is 0. The highest BCUT2D eigenvalue weighted by atomic mass is 32.2. The van der Waals surface area contributed by atoms with Crippen molar-refractivity contribution < 1.29 is 35.1 Å². The van der Waals surface area contributed by atoms with Crippen molar-refractivity contribution >= 4 is 20.9 Å². The zero-order valence-corrected chi connectivity index (χ0v) is 22.3. The Bertz CT molecular complexity index is 1800. The highest BCUT2D eigenvalue weighted by Crippen LogP contribution is 2.31. The molecule has 2 heterocycles. The smallest absolute Gasteiger partial charge is 0.433 e. The first-order chi connectivity index (χ1) is 19.4. The largest absolute Gasteiger partial charge is 0.434 e. The van der Waals surface area contributed by atoms with Crippen molar-refractivity contribution in [3.05, 3.63) is 108 Å². The van der Waals surface area contributed by atoms with Crippen LogP contribution in [-0.2, 0) is 29.0 Å². The fraction of sp³-hybridized carbons (Fsp3) is 0.172. The number of fused-ring (bicyclic) bond motifs is 1. The fourth-order valence-corrected chi connectivity index (χ4v) is 5.08. The predicted octanol–water partition coefficient (Wildman–Crippen LogP) is 6.76. The number of nitrogens with zero attached hydrogens (tertiary/aromatic N) is 3. The van der Waals surface area contributed by atoms with Gasteiger partial charge in [0.15, 0.2) is 9.84 Å². The van der Waals surface area contributed by atoms with Crippen LogP contribution in [0.15, 0.2) is 90.0 Å². The summed E-state index contributed by atoms with van der Waals surface area (Å²) in [7, 11) is -3.38. The molecule has 0 aliphatic rings. The summed E-state index contributed by atoms with van der Waals surface area (Å²) in [5.41, 5.74) is 2.43. The Balaban J connectivity index is 1.59. The molecule has 0 saturated carbocycles. The van der Waals surface area contributed by atoms with Gasteiger partial charge in [0.05, 0.1) is 22.5 Å². The maximum atomic E-state index is 13.1. The quantitative estimate of drug-likeness (QED) is 0.188. The van der Waals surface area contributed by atoms with Gasteiger partial charge in [0, 0.05) is 30.0 Å². The minimum absolute atomic E-state index is 0.00380. The first-order valence-electron chi connectivity index (χ1n) is 12.2. The molecule has 5 rings (SSSR count). The lowest BCUT2D eigenvalue weighted by molar-refractivity contribution is -0.141. The van der Waals surface area contributed by atoms with Crippen molar-refractivity contribution in [2.75, 3.05) is 6.26 Å². The Hall–Kier alpha value is -4.32. The lowest BCUT2D eigenvalue weighted by atomic mass is 10.1. The molecule has 0 unspecified atom stereocenters. The molecule has 0 aliphatic carbocycles. The van der Waals surface area contributed by atoms with E-state index in [0.29, 0.717) is 33.5 Å². The molecule has 0 atom stereocenters. The molecule has 0 amide bonds. The van der Waals surface area contributed by atoms with Gasteiger partial charge in [-0.05, 0) is 47.5 Å². The molecule has 12 heteroatoms. The van der Waals surface area contributed by atoms with E-state index in [4.69, 9.17) is 9.72 Å². The van der Waals surface area contributed by atoms with E-state index in [9.17, 15) is 30.4 Å². The maximum Gasteiger partial charge on any atom is 0.433 e. The molecule has 212 valence electrons. The summed E-state index contributed by atoms with van der Waals surface area (Å²) >= 11 is 0. The van der Waals surface area contributed by atoms with Crippen LogP contribution in [0.2, 0.25) is 0 Å². The topological polar surface area (TPSA) is 74.1 Å². The number of rotatable bonds is 8. The number of pyridine rings is 1. The number of halogens is 5. The molecule has 41 heavy (non-hydrogen) atoms. The Morgan fingerprint density at radius 3 is 2.27 bits per heavy atom. The molecule has 0 N–H and O–H groups in total. The second kappa shape index (κ2) is 10.9. The average Bonchev–Trinajstić information content (AvgIpc) is 3.24. The van der Waals surface area contributed by atoms with Crippen LogP contribution in [0.5, 0.6) is 5.75 Å². The highest BCUT2D eigenvalue weighted by molar-refractivity contribution is 7.90. The maximum absolute atomic E-state index is 13.1. The number of sulfone groups is 1. The zero-order valence-electron chi connectivity index (χ0n) is 21.4. The van der Waals surface area contributed by atoms with Crippen LogP contribution < -0.4 is 4.74 Å². The lowest BCUT2D eigenvalue weighted by Gasteiger charge is -2.14. The minimum Gasteiger partial charge on any atom is -0.434 e. The van der Waals surface area contributed by atoms with Gasteiger partial charge in [-0.2, -0.15) is 22.0 Å². The van der Waals surface area contributed by atoms with Crippen LogP contribution in [-0.4, -0.2) is 35.8 Å². The molecule has 3 aromatic carbocycles. The summed E-state index contributed by atoms with van der Waals surface area (Å²) in [5.74, 6) is 0.553.